The first-order chi connectivity index (χ1) is 16.0. The number of fused-ring (bicyclic) bond motifs is 1. The summed E-state index contributed by atoms with van der Waals surface area (Å²) in [4.78, 5) is 46.1. The van der Waals surface area contributed by atoms with Gasteiger partial charge in [-0.15, -0.1) is 0 Å². The molecule has 0 bridgehead atoms. The average molecular weight is 453 g/mol. The highest BCUT2D eigenvalue weighted by molar-refractivity contribution is 6.03. The van der Waals surface area contributed by atoms with E-state index in [0.29, 0.717) is 30.2 Å². The van der Waals surface area contributed by atoms with Gasteiger partial charge in [0.1, 0.15) is 24.1 Å². The van der Waals surface area contributed by atoms with E-state index in [1.165, 1.54) is 16.9 Å². The summed E-state index contributed by atoms with van der Waals surface area (Å²) in [5, 5.41) is 6.03. The van der Waals surface area contributed by atoms with Crippen LogP contribution in [0, 0.1) is 0 Å². The third-order valence-electron chi connectivity index (χ3n) is 5.89. The summed E-state index contributed by atoms with van der Waals surface area (Å²) in [7, 11) is 3.04. The number of aromatic nitrogens is 1. The number of pyridine rings is 1. The van der Waals surface area contributed by atoms with Crippen molar-refractivity contribution in [2.45, 2.75) is 31.5 Å². The molecule has 2 aliphatic rings. The number of nitrogens with zero attached hydrogens (tertiary/aromatic N) is 3. The topological polar surface area (TPSA) is 113 Å². The molecule has 2 unspecified atom stereocenters. The Hall–Kier alpha value is -3.66. The number of nitrogens with one attached hydrogen (secondary N) is 2. The molecule has 10 heteroatoms. The summed E-state index contributed by atoms with van der Waals surface area (Å²) in [5.41, 5.74) is 1.20. The monoisotopic (exact) mass is 453 g/mol. The van der Waals surface area contributed by atoms with Crippen molar-refractivity contribution in [2.75, 3.05) is 32.6 Å². The van der Waals surface area contributed by atoms with E-state index in [-0.39, 0.29) is 30.9 Å². The molecule has 2 saturated heterocycles. The Morgan fingerprint density at radius 2 is 2.09 bits per heavy atom. The number of imide groups is 1. The molecule has 33 heavy (non-hydrogen) atoms. The number of anilines is 1. The van der Waals surface area contributed by atoms with Gasteiger partial charge in [-0.25, -0.2) is 4.79 Å². The fraction of sp³-hybridized carbons (Fsp3) is 0.391. The highest BCUT2D eigenvalue weighted by Gasteiger charge is 2.47. The molecule has 174 valence electrons. The van der Waals surface area contributed by atoms with Crippen molar-refractivity contribution in [3.8, 4) is 11.5 Å². The Labute approximate surface area is 191 Å². The molecule has 3 heterocycles. The van der Waals surface area contributed by atoms with Gasteiger partial charge in [0.15, 0.2) is 0 Å². The van der Waals surface area contributed by atoms with E-state index in [4.69, 9.17) is 9.47 Å². The summed E-state index contributed by atoms with van der Waals surface area (Å²) in [5.74, 6) is 0.379. The fourth-order valence-corrected chi connectivity index (χ4v) is 4.27. The van der Waals surface area contributed by atoms with Gasteiger partial charge in [0.05, 0.1) is 32.5 Å². The third kappa shape index (κ3) is 4.75. The molecule has 0 spiro atoms. The van der Waals surface area contributed by atoms with E-state index >= 15 is 0 Å². The van der Waals surface area contributed by atoms with Crippen molar-refractivity contribution in [1.29, 1.82) is 0 Å². The van der Waals surface area contributed by atoms with Crippen molar-refractivity contribution in [3.63, 3.8) is 0 Å². The second kappa shape index (κ2) is 9.86. The predicted molar refractivity (Wildman–Crippen MR) is 120 cm³/mol. The lowest BCUT2D eigenvalue weighted by Gasteiger charge is -2.46. The van der Waals surface area contributed by atoms with Gasteiger partial charge in [0, 0.05) is 18.5 Å². The standard InChI is InChI=1S/C23H27N5O5/c1-32-16-7-8-17(19(11-16)33-2)26-20(29)14-27-18-6-4-10-25-21(18)22(30)28(23(27)31)13-15-5-3-9-24-12-15/h3,5,7-9,11-12,18,21,25H,4,6,10,13-14H2,1-2H3,(H,26,29). The second-order valence-corrected chi connectivity index (χ2v) is 7.95. The smallest absolute Gasteiger partial charge is 0.327 e. The van der Waals surface area contributed by atoms with Crippen LogP contribution in [-0.4, -0.2) is 72.0 Å². The minimum atomic E-state index is -0.545. The van der Waals surface area contributed by atoms with Crippen LogP contribution >= 0.6 is 0 Å². The van der Waals surface area contributed by atoms with Crippen molar-refractivity contribution >= 4 is 23.5 Å². The molecular formula is C23H27N5O5. The van der Waals surface area contributed by atoms with Crippen molar-refractivity contribution < 1.29 is 23.9 Å². The number of carbonyl (C=O) groups excluding carboxylic acids is 3. The van der Waals surface area contributed by atoms with E-state index in [9.17, 15) is 14.4 Å². The van der Waals surface area contributed by atoms with Gasteiger partial charge in [-0.1, -0.05) is 6.07 Å². The highest BCUT2D eigenvalue weighted by Crippen LogP contribution is 2.30. The van der Waals surface area contributed by atoms with Crippen LogP contribution in [0.15, 0.2) is 42.7 Å². The average Bonchev–Trinajstić information content (AvgIpc) is 2.85. The summed E-state index contributed by atoms with van der Waals surface area (Å²) < 4.78 is 10.5. The molecule has 0 aliphatic carbocycles. The Morgan fingerprint density at radius 3 is 2.82 bits per heavy atom. The number of ether oxygens (including phenoxy) is 2. The highest BCUT2D eigenvalue weighted by atomic mass is 16.5. The molecule has 4 amide bonds. The largest absolute Gasteiger partial charge is 0.497 e. The lowest BCUT2D eigenvalue weighted by atomic mass is 9.93. The minimum Gasteiger partial charge on any atom is -0.497 e. The van der Waals surface area contributed by atoms with E-state index in [0.717, 1.165) is 12.0 Å². The molecule has 0 saturated carbocycles. The third-order valence-corrected chi connectivity index (χ3v) is 5.89. The van der Waals surface area contributed by atoms with Crippen LogP contribution in [0.25, 0.3) is 0 Å². The number of rotatable bonds is 7. The van der Waals surface area contributed by atoms with Crippen LogP contribution in [0.2, 0.25) is 0 Å². The van der Waals surface area contributed by atoms with Gasteiger partial charge in [-0.05, 0) is 43.1 Å². The number of carbonyl (C=O) groups is 3. The first kappa shape index (κ1) is 22.5. The number of benzene rings is 1. The lowest BCUT2D eigenvalue weighted by molar-refractivity contribution is -0.138. The van der Waals surface area contributed by atoms with Crippen LogP contribution in [0.1, 0.15) is 18.4 Å². The summed E-state index contributed by atoms with van der Waals surface area (Å²) in [6.45, 7) is 0.597. The van der Waals surface area contributed by atoms with Gasteiger partial charge < -0.3 is 25.0 Å². The molecule has 2 atom stereocenters. The first-order valence-electron chi connectivity index (χ1n) is 10.8. The number of amides is 4. The van der Waals surface area contributed by atoms with E-state index in [1.807, 2.05) is 0 Å². The van der Waals surface area contributed by atoms with Crippen LogP contribution in [-0.2, 0) is 16.1 Å². The van der Waals surface area contributed by atoms with E-state index in [1.54, 1.807) is 49.8 Å². The SMILES string of the molecule is COc1ccc(NC(=O)CN2C(=O)N(Cc3cccnc3)C(=O)C3NCCCC32)c(OC)c1. The van der Waals surface area contributed by atoms with Crippen LogP contribution in [0.4, 0.5) is 10.5 Å². The minimum absolute atomic E-state index is 0.0980. The molecule has 2 aliphatic heterocycles. The molecule has 4 rings (SSSR count). The van der Waals surface area contributed by atoms with Crippen molar-refractivity contribution in [1.82, 2.24) is 20.1 Å². The first-order valence-corrected chi connectivity index (χ1v) is 10.8. The zero-order valence-electron chi connectivity index (χ0n) is 18.6. The lowest BCUT2D eigenvalue weighted by Crippen LogP contribution is -2.70. The summed E-state index contributed by atoms with van der Waals surface area (Å²) in [6, 6.07) is 7.20. The molecule has 0 radical (unpaired) electrons. The maximum absolute atomic E-state index is 13.4. The predicted octanol–water partition coefficient (Wildman–Crippen LogP) is 1.62. The number of piperidine rings is 1. The van der Waals surface area contributed by atoms with Crippen molar-refractivity contribution in [2.24, 2.45) is 0 Å². The van der Waals surface area contributed by atoms with E-state index in [2.05, 4.69) is 15.6 Å². The van der Waals surface area contributed by atoms with Gasteiger partial charge in [-0.2, -0.15) is 0 Å². The summed E-state index contributed by atoms with van der Waals surface area (Å²) in [6.07, 6.45) is 4.71. The Balaban J connectivity index is 1.54. The van der Waals surface area contributed by atoms with Crippen molar-refractivity contribution in [3.05, 3.63) is 48.3 Å². The van der Waals surface area contributed by atoms with E-state index < -0.39 is 12.1 Å². The van der Waals surface area contributed by atoms with Gasteiger partial charge in [-0.3, -0.25) is 19.5 Å². The van der Waals surface area contributed by atoms with Crippen LogP contribution in [0.5, 0.6) is 11.5 Å². The molecular weight excluding hydrogens is 426 g/mol. The molecule has 2 aromatic rings. The van der Waals surface area contributed by atoms with Crippen LogP contribution in [0.3, 0.4) is 0 Å². The van der Waals surface area contributed by atoms with Crippen LogP contribution < -0.4 is 20.1 Å². The second-order valence-electron chi connectivity index (χ2n) is 7.95. The normalized spacial score (nSPS) is 20.3. The van der Waals surface area contributed by atoms with Gasteiger partial charge in [0.25, 0.3) is 0 Å². The number of hydrogen-bond acceptors (Lipinski definition) is 7. The number of methoxy groups -OCH3 is 2. The van der Waals surface area contributed by atoms with Gasteiger partial charge >= 0.3 is 6.03 Å². The zero-order valence-corrected chi connectivity index (χ0v) is 18.6. The molecule has 2 fully saturated rings. The Bertz CT molecular complexity index is 1030. The van der Waals surface area contributed by atoms with Gasteiger partial charge in [0.2, 0.25) is 11.8 Å². The fourth-order valence-electron chi connectivity index (χ4n) is 4.27. The number of urea groups is 1. The quantitative estimate of drug-likeness (QED) is 0.655. The molecule has 10 nitrogen and oxygen atoms in total. The Morgan fingerprint density at radius 1 is 1.24 bits per heavy atom. The maximum Gasteiger partial charge on any atom is 0.327 e. The number of hydrogen-bond donors (Lipinski definition) is 2. The molecule has 2 N–H and O–H groups in total. The Kier molecular flexibility index (Phi) is 6.74. The zero-order chi connectivity index (χ0) is 23.4. The molecule has 1 aromatic heterocycles. The summed E-state index contributed by atoms with van der Waals surface area (Å²) >= 11 is 0. The maximum atomic E-state index is 13.4. The molecule has 1 aromatic carbocycles.